The van der Waals surface area contributed by atoms with Crippen LogP contribution in [-0.2, 0) is 4.74 Å². The predicted molar refractivity (Wildman–Crippen MR) is 113 cm³/mol. The summed E-state index contributed by atoms with van der Waals surface area (Å²) in [5.41, 5.74) is 7.37. The highest BCUT2D eigenvalue weighted by Crippen LogP contribution is 2.33. The zero-order valence-corrected chi connectivity index (χ0v) is 16.1. The van der Waals surface area contributed by atoms with Gasteiger partial charge in [-0.05, 0) is 42.0 Å². The SMILES string of the molecule is N=C(N)c1cccc(N2CC(C(Oc3ccccc3)c3cccc(O)c3)OC2=O)c1. The molecule has 2 atom stereocenters. The normalized spacial score (nSPS) is 16.7. The molecule has 0 bridgehead atoms. The number of anilines is 1. The first-order chi connectivity index (χ1) is 14.5. The number of nitrogens with one attached hydrogen (secondary N) is 1. The number of nitrogen functional groups attached to an aromatic ring is 1. The highest BCUT2D eigenvalue weighted by molar-refractivity contribution is 5.97. The molecule has 1 fully saturated rings. The van der Waals surface area contributed by atoms with E-state index in [0.29, 0.717) is 22.6 Å². The summed E-state index contributed by atoms with van der Waals surface area (Å²) in [6.45, 7) is 0.243. The molecule has 30 heavy (non-hydrogen) atoms. The number of para-hydroxylation sites is 1. The van der Waals surface area contributed by atoms with E-state index in [4.69, 9.17) is 20.6 Å². The number of phenols is 1. The van der Waals surface area contributed by atoms with Gasteiger partial charge in [-0.25, -0.2) is 4.79 Å². The van der Waals surface area contributed by atoms with E-state index in [2.05, 4.69) is 0 Å². The van der Waals surface area contributed by atoms with Crippen LogP contribution in [0.2, 0.25) is 0 Å². The van der Waals surface area contributed by atoms with Crippen LogP contribution in [-0.4, -0.2) is 29.7 Å². The minimum Gasteiger partial charge on any atom is -0.508 e. The fourth-order valence-corrected chi connectivity index (χ4v) is 3.40. The molecule has 1 heterocycles. The van der Waals surface area contributed by atoms with Crippen LogP contribution in [0.1, 0.15) is 17.2 Å². The lowest BCUT2D eigenvalue weighted by Gasteiger charge is -2.24. The molecule has 1 amide bonds. The zero-order chi connectivity index (χ0) is 21.1. The van der Waals surface area contributed by atoms with Crippen LogP contribution >= 0.6 is 0 Å². The van der Waals surface area contributed by atoms with Gasteiger partial charge in [-0.15, -0.1) is 0 Å². The molecule has 0 aromatic heterocycles. The molecule has 1 saturated heterocycles. The number of nitrogens with two attached hydrogens (primary N) is 1. The first-order valence-corrected chi connectivity index (χ1v) is 9.44. The van der Waals surface area contributed by atoms with Crippen LogP contribution in [0.4, 0.5) is 10.5 Å². The highest BCUT2D eigenvalue weighted by Gasteiger charge is 2.39. The second-order valence-corrected chi connectivity index (χ2v) is 6.94. The van der Waals surface area contributed by atoms with Gasteiger partial charge in [0.15, 0.2) is 12.2 Å². The minimum atomic E-state index is -0.621. The Bertz CT molecular complexity index is 1070. The van der Waals surface area contributed by atoms with E-state index in [9.17, 15) is 9.90 Å². The van der Waals surface area contributed by atoms with Crippen molar-refractivity contribution in [1.82, 2.24) is 0 Å². The van der Waals surface area contributed by atoms with Crippen molar-refractivity contribution in [2.24, 2.45) is 5.73 Å². The molecule has 4 N–H and O–H groups in total. The molecule has 4 rings (SSSR count). The van der Waals surface area contributed by atoms with E-state index in [-0.39, 0.29) is 18.1 Å². The molecular formula is C23H21N3O4. The van der Waals surface area contributed by atoms with E-state index >= 15 is 0 Å². The summed E-state index contributed by atoms with van der Waals surface area (Å²) >= 11 is 0. The lowest BCUT2D eigenvalue weighted by atomic mass is 10.0. The summed E-state index contributed by atoms with van der Waals surface area (Å²) in [6.07, 6.45) is -1.74. The zero-order valence-electron chi connectivity index (χ0n) is 16.1. The first-order valence-electron chi connectivity index (χ1n) is 9.44. The molecule has 7 nitrogen and oxygen atoms in total. The van der Waals surface area contributed by atoms with Crippen LogP contribution in [0.15, 0.2) is 78.9 Å². The molecule has 7 heteroatoms. The number of hydrogen-bond acceptors (Lipinski definition) is 5. The number of cyclic esters (lactones) is 1. The number of phenolic OH excluding ortho intramolecular Hbond substituents is 1. The van der Waals surface area contributed by atoms with Gasteiger partial charge in [0, 0.05) is 11.3 Å². The number of carbonyl (C=O) groups is 1. The summed E-state index contributed by atoms with van der Waals surface area (Å²) in [6, 6.07) is 22.8. The fourth-order valence-electron chi connectivity index (χ4n) is 3.40. The van der Waals surface area contributed by atoms with Gasteiger partial charge in [0.1, 0.15) is 17.3 Å². The van der Waals surface area contributed by atoms with Gasteiger partial charge in [0.25, 0.3) is 0 Å². The van der Waals surface area contributed by atoms with Gasteiger partial charge in [-0.3, -0.25) is 10.3 Å². The van der Waals surface area contributed by atoms with Crippen molar-refractivity contribution in [2.45, 2.75) is 12.2 Å². The van der Waals surface area contributed by atoms with Crippen molar-refractivity contribution in [3.8, 4) is 11.5 Å². The molecule has 1 aliphatic heterocycles. The molecule has 0 spiro atoms. The number of benzene rings is 3. The van der Waals surface area contributed by atoms with Gasteiger partial charge >= 0.3 is 6.09 Å². The molecule has 1 aliphatic rings. The maximum absolute atomic E-state index is 12.6. The second-order valence-electron chi connectivity index (χ2n) is 6.94. The number of rotatable bonds is 6. The van der Waals surface area contributed by atoms with Crippen molar-refractivity contribution >= 4 is 17.6 Å². The summed E-state index contributed by atoms with van der Waals surface area (Å²) in [7, 11) is 0. The largest absolute Gasteiger partial charge is 0.508 e. The quantitative estimate of drug-likeness (QED) is 0.428. The third-order valence-electron chi connectivity index (χ3n) is 4.85. The number of hydrogen-bond donors (Lipinski definition) is 3. The van der Waals surface area contributed by atoms with Crippen LogP contribution in [0.3, 0.4) is 0 Å². The molecular weight excluding hydrogens is 382 g/mol. The summed E-state index contributed by atoms with van der Waals surface area (Å²) in [5, 5.41) is 17.5. The fraction of sp³-hybridized carbons (Fsp3) is 0.130. The molecule has 2 unspecified atom stereocenters. The monoisotopic (exact) mass is 403 g/mol. The maximum atomic E-state index is 12.6. The first kappa shape index (κ1) is 19.3. The van der Waals surface area contributed by atoms with Crippen LogP contribution in [0.5, 0.6) is 11.5 Å². The standard InChI is InChI=1S/C23H21N3O4/c24-22(25)16-7-4-8-17(12-16)26-14-20(30-23(26)28)21(15-6-5-9-18(27)13-15)29-19-10-2-1-3-11-19/h1-13,20-21,27H,14H2,(H3,24,25). The van der Waals surface area contributed by atoms with Crippen molar-refractivity contribution in [3.63, 3.8) is 0 Å². The van der Waals surface area contributed by atoms with Crippen molar-refractivity contribution in [1.29, 1.82) is 5.41 Å². The number of amidine groups is 1. The van der Waals surface area contributed by atoms with E-state index in [0.717, 1.165) is 0 Å². The number of nitrogens with zero attached hydrogens (tertiary/aromatic N) is 1. The number of aromatic hydroxyl groups is 1. The molecule has 0 saturated carbocycles. The number of ether oxygens (including phenoxy) is 2. The van der Waals surface area contributed by atoms with Gasteiger partial charge in [-0.1, -0.05) is 42.5 Å². The summed E-state index contributed by atoms with van der Waals surface area (Å²) in [4.78, 5) is 14.1. The Hall–Kier alpha value is -4.00. The van der Waals surface area contributed by atoms with Crippen molar-refractivity contribution in [2.75, 3.05) is 11.4 Å². The number of amides is 1. The Kier molecular flexibility index (Phi) is 5.26. The van der Waals surface area contributed by atoms with Crippen LogP contribution in [0.25, 0.3) is 0 Å². The minimum absolute atomic E-state index is 0.0778. The smallest absolute Gasteiger partial charge is 0.414 e. The molecule has 0 aliphatic carbocycles. The Labute approximate surface area is 173 Å². The lowest BCUT2D eigenvalue weighted by Crippen LogP contribution is -2.29. The van der Waals surface area contributed by atoms with Crippen molar-refractivity contribution < 1.29 is 19.4 Å². The Morgan fingerprint density at radius 1 is 1.10 bits per heavy atom. The molecule has 152 valence electrons. The van der Waals surface area contributed by atoms with Gasteiger partial charge in [0.05, 0.1) is 6.54 Å². The van der Waals surface area contributed by atoms with Gasteiger partial charge in [0.2, 0.25) is 0 Å². The van der Waals surface area contributed by atoms with E-state index in [1.165, 1.54) is 4.90 Å². The Balaban J connectivity index is 1.64. The summed E-state index contributed by atoms with van der Waals surface area (Å²) in [5.74, 6) is 0.648. The average Bonchev–Trinajstić information content (AvgIpc) is 3.14. The molecule has 3 aromatic carbocycles. The topological polar surface area (TPSA) is 109 Å². The van der Waals surface area contributed by atoms with Crippen LogP contribution < -0.4 is 15.4 Å². The third-order valence-corrected chi connectivity index (χ3v) is 4.85. The van der Waals surface area contributed by atoms with E-state index in [1.807, 2.05) is 36.4 Å². The van der Waals surface area contributed by atoms with E-state index < -0.39 is 18.3 Å². The Morgan fingerprint density at radius 2 is 1.87 bits per heavy atom. The lowest BCUT2D eigenvalue weighted by molar-refractivity contribution is 0.0473. The van der Waals surface area contributed by atoms with Gasteiger partial charge in [-0.2, -0.15) is 0 Å². The maximum Gasteiger partial charge on any atom is 0.414 e. The van der Waals surface area contributed by atoms with Crippen molar-refractivity contribution in [3.05, 3.63) is 90.0 Å². The Morgan fingerprint density at radius 3 is 2.60 bits per heavy atom. The summed E-state index contributed by atoms with van der Waals surface area (Å²) < 4.78 is 11.8. The third kappa shape index (κ3) is 4.05. The average molecular weight is 403 g/mol. The molecule has 3 aromatic rings. The van der Waals surface area contributed by atoms with Crippen LogP contribution in [0, 0.1) is 5.41 Å². The van der Waals surface area contributed by atoms with Gasteiger partial charge < -0.3 is 20.3 Å². The second kappa shape index (κ2) is 8.16. The molecule has 0 radical (unpaired) electrons. The predicted octanol–water partition coefficient (Wildman–Crippen LogP) is 3.82. The highest BCUT2D eigenvalue weighted by atomic mass is 16.6. The van der Waals surface area contributed by atoms with E-state index in [1.54, 1.807) is 42.5 Å². The number of carbonyl (C=O) groups excluding carboxylic acids is 1.